The average Bonchev–Trinajstić information content (AvgIpc) is 3.16. The molecule has 1 unspecified atom stereocenters. The highest BCUT2D eigenvalue weighted by Crippen LogP contribution is 2.51. The second kappa shape index (κ2) is 5.87. The van der Waals surface area contributed by atoms with Gasteiger partial charge in [0.25, 0.3) is 0 Å². The summed E-state index contributed by atoms with van der Waals surface area (Å²) in [6, 6.07) is 6.57. The van der Waals surface area contributed by atoms with Crippen LogP contribution in [-0.4, -0.2) is 35.0 Å². The zero-order chi connectivity index (χ0) is 17.5. The Morgan fingerprint density at radius 1 is 1.25 bits per heavy atom. The van der Waals surface area contributed by atoms with Crippen molar-refractivity contribution >= 4 is 11.9 Å². The number of halogens is 1. The third-order valence-electron chi connectivity index (χ3n) is 5.91. The standard InChI is InChI=1S/C19H24FNO3/c1-13(2)19(17(23)24)9-10-21(12-19)16(22)18(7-8-18)11-14-5-3-4-6-15(14)20/h3-6,13H,7-12H2,1-2H3,(H,23,24). The molecule has 1 aromatic rings. The zero-order valence-corrected chi connectivity index (χ0v) is 14.2. The van der Waals surface area contributed by atoms with E-state index in [2.05, 4.69) is 0 Å². The predicted molar refractivity (Wildman–Crippen MR) is 87.9 cm³/mol. The summed E-state index contributed by atoms with van der Waals surface area (Å²) >= 11 is 0. The minimum atomic E-state index is -0.857. The van der Waals surface area contributed by atoms with Crippen molar-refractivity contribution in [3.8, 4) is 0 Å². The van der Waals surface area contributed by atoms with Gasteiger partial charge in [0.05, 0.1) is 10.8 Å². The van der Waals surface area contributed by atoms with E-state index in [1.165, 1.54) is 6.07 Å². The number of hydrogen-bond donors (Lipinski definition) is 1. The highest BCUT2D eigenvalue weighted by molar-refractivity contribution is 5.87. The van der Waals surface area contributed by atoms with Gasteiger partial charge < -0.3 is 10.0 Å². The Morgan fingerprint density at radius 2 is 1.92 bits per heavy atom. The molecule has 2 fully saturated rings. The monoisotopic (exact) mass is 333 g/mol. The molecule has 1 atom stereocenters. The van der Waals surface area contributed by atoms with Crippen LogP contribution < -0.4 is 0 Å². The summed E-state index contributed by atoms with van der Waals surface area (Å²) in [5.74, 6) is -1.14. The van der Waals surface area contributed by atoms with Gasteiger partial charge in [-0.1, -0.05) is 32.0 Å². The molecule has 2 aliphatic rings. The number of benzene rings is 1. The van der Waals surface area contributed by atoms with Gasteiger partial charge in [0.2, 0.25) is 5.91 Å². The summed E-state index contributed by atoms with van der Waals surface area (Å²) in [6.45, 7) is 4.53. The lowest BCUT2D eigenvalue weighted by Crippen LogP contribution is -2.43. The van der Waals surface area contributed by atoms with Gasteiger partial charge in [0.15, 0.2) is 0 Å². The van der Waals surface area contributed by atoms with Crippen molar-refractivity contribution in [2.75, 3.05) is 13.1 Å². The molecule has 1 amide bonds. The smallest absolute Gasteiger partial charge is 0.311 e. The largest absolute Gasteiger partial charge is 0.481 e. The molecule has 3 rings (SSSR count). The molecular weight excluding hydrogens is 309 g/mol. The summed E-state index contributed by atoms with van der Waals surface area (Å²) < 4.78 is 13.9. The van der Waals surface area contributed by atoms with E-state index in [0.29, 0.717) is 24.9 Å². The fraction of sp³-hybridized carbons (Fsp3) is 0.579. The summed E-state index contributed by atoms with van der Waals surface area (Å²) in [5.41, 5.74) is -0.826. The van der Waals surface area contributed by atoms with Crippen LogP contribution in [0.4, 0.5) is 4.39 Å². The molecule has 1 N–H and O–H groups in total. The summed E-state index contributed by atoms with van der Waals surface area (Å²) in [6.07, 6.45) is 2.38. The first kappa shape index (κ1) is 16.9. The number of carbonyl (C=O) groups excluding carboxylic acids is 1. The SMILES string of the molecule is CC(C)C1(C(=O)O)CCN(C(=O)C2(Cc3ccccc3F)CC2)C1. The van der Waals surface area contributed by atoms with E-state index in [9.17, 15) is 19.1 Å². The number of aliphatic carboxylic acids is 1. The minimum Gasteiger partial charge on any atom is -0.481 e. The third kappa shape index (κ3) is 2.70. The predicted octanol–water partition coefficient (Wildman–Crippen LogP) is 3.11. The van der Waals surface area contributed by atoms with Crippen LogP contribution in [0.15, 0.2) is 24.3 Å². The van der Waals surface area contributed by atoms with Crippen LogP contribution in [0, 0.1) is 22.6 Å². The molecule has 0 spiro atoms. The number of amides is 1. The maximum Gasteiger partial charge on any atom is 0.311 e. The quantitative estimate of drug-likeness (QED) is 0.901. The Bertz CT molecular complexity index is 668. The van der Waals surface area contributed by atoms with Crippen LogP contribution in [0.2, 0.25) is 0 Å². The maximum absolute atomic E-state index is 13.9. The lowest BCUT2D eigenvalue weighted by Gasteiger charge is -2.30. The normalized spacial score (nSPS) is 25.1. The van der Waals surface area contributed by atoms with Crippen LogP contribution in [0.3, 0.4) is 0 Å². The van der Waals surface area contributed by atoms with Gasteiger partial charge in [-0.25, -0.2) is 4.39 Å². The fourth-order valence-electron chi connectivity index (χ4n) is 3.86. The van der Waals surface area contributed by atoms with E-state index in [-0.39, 0.29) is 24.2 Å². The van der Waals surface area contributed by atoms with Crippen molar-refractivity contribution in [1.29, 1.82) is 0 Å². The van der Waals surface area contributed by atoms with Crippen LogP contribution in [0.25, 0.3) is 0 Å². The summed E-state index contributed by atoms with van der Waals surface area (Å²) in [5, 5.41) is 9.64. The molecular formula is C19H24FNO3. The number of nitrogens with zero attached hydrogens (tertiary/aromatic N) is 1. The zero-order valence-electron chi connectivity index (χ0n) is 14.2. The van der Waals surface area contributed by atoms with Crippen LogP contribution >= 0.6 is 0 Å². The van der Waals surface area contributed by atoms with E-state index < -0.39 is 16.8 Å². The Kier molecular flexibility index (Phi) is 4.14. The molecule has 0 bridgehead atoms. The second-order valence-corrected chi connectivity index (χ2v) is 7.64. The van der Waals surface area contributed by atoms with E-state index in [1.54, 1.807) is 23.1 Å². The Hall–Kier alpha value is -1.91. The molecule has 24 heavy (non-hydrogen) atoms. The highest BCUT2D eigenvalue weighted by atomic mass is 19.1. The molecule has 1 aromatic carbocycles. The number of hydrogen-bond acceptors (Lipinski definition) is 2. The van der Waals surface area contributed by atoms with Gasteiger partial charge in [-0.2, -0.15) is 0 Å². The molecule has 1 heterocycles. The molecule has 0 aromatic heterocycles. The van der Waals surface area contributed by atoms with Crippen LogP contribution in [0.1, 0.15) is 38.7 Å². The van der Waals surface area contributed by atoms with Crippen molar-refractivity contribution < 1.29 is 19.1 Å². The lowest BCUT2D eigenvalue weighted by molar-refractivity contribution is -0.151. The van der Waals surface area contributed by atoms with Gasteiger partial charge in [0.1, 0.15) is 5.82 Å². The molecule has 0 radical (unpaired) electrons. The van der Waals surface area contributed by atoms with Crippen molar-refractivity contribution in [3.63, 3.8) is 0 Å². The van der Waals surface area contributed by atoms with Crippen LogP contribution in [-0.2, 0) is 16.0 Å². The first-order chi connectivity index (χ1) is 11.3. The second-order valence-electron chi connectivity index (χ2n) is 7.64. The van der Waals surface area contributed by atoms with E-state index in [1.807, 2.05) is 13.8 Å². The topological polar surface area (TPSA) is 57.6 Å². The van der Waals surface area contributed by atoms with Gasteiger partial charge >= 0.3 is 5.97 Å². The Morgan fingerprint density at radius 3 is 2.42 bits per heavy atom. The van der Waals surface area contributed by atoms with Gasteiger partial charge in [-0.15, -0.1) is 0 Å². The number of likely N-dealkylation sites (tertiary alicyclic amines) is 1. The molecule has 4 nitrogen and oxygen atoms in total. The van der Waals surface area contributed by atoms with E-state index >= 15 is 0 Å². The molecule has 130 valence electrons. The number of carboxylic acid groups (broad SMARTS) is 1. The average molecular weight is 333 g/mol. The van der Waals surface area contributed by atoms with Crippen LogP contribution in [0.5, 0.6) is 0 Å². The molecule has 1 aliphatic carbocycles. The summed E-state index contributed by atoms with van der Waals surface area (Å²) in [4.78, 5) is 26.4. The summed E-state index contributed by atoms with van der Waals surface area (Å²) in [7, 11) is 0. The number of carbonyl (C=O) groups is 2. The van der Waals surface area contributed by atoms with E-state index in [0.717, 1.165) is 12.8 Å². The highest BCUT2D eigenvalue weighted by Gasteiger charge is 2.56. The molecule has 1 saturated heterocycles. The Labute approximate surface area is 141 Å². The van der Waals surface area contributed by atoms with Gasteiger partial charge in [-0.3, -0.25) is 9.59 Å². The van der Waals surface area contributed by atoms with Crippen molar-refractivity contribution in [1.82, 2.24) is 4.90 Å². The Balaban J connectivity index is 1.76. The fourth-order valence-corrected chi connectivity index (χ4v) is 3.86. The molecule has 5 heteroatoms. The third-order valence-corrected chi connectivity index (χ3v) is 5.91. The first-order valence-electron chi connectivity index (χ1n) is 8.57. The molecule has 1 aliphatic heterocycles. The van der Waals surface area contributed by atoms with Gasteiger partial charge in [-0.05, 0) is 43.2 Å². The lowest BCUT2D eigenvalue weighted by atomic mass is 9.76. The molecule has 1 saturated carbocycles. The van der Waals surface area contributed by atoms with Gasteiger partial charge in [0, 0.05) is 13.1 Å². The van der Waals surface area contributed by atoms with Crippen molar-refractivity contribution in [2.24, 2.45) is 16.7 Å². The van der Waals surface area contributed by atoms with Crippen molar-refractivity contribution in [2.45, 2.75) is 39.5 Å². The number of rotatable bonds is 5. The van der Waals surface area contributed by atoms with E-state index in [4.69, 9.17) is 0 Å². The minimum absolute atomic E-state index is 0.00507. The number of carboxylic acids is 1. The maximum atomic E-state index is 13.9. The first-order valence-corrected chi connectivity index (χ1v) is 8.57. The van der Waals surface area contributed by atoms with Crippen molar-refractivity contribution in [3.05, 3.63) is 35.6 Å².